The standard InChI is InChI=1S/C30H38N6O2/c1-18-23-15-20(30(23,2)3)16-24(18)32-28(37)22-12-6-5-11-21(22)27-26(17-31)36(34-33-27)29(38)35-14-8-10-19-9-4-7-13-25(19)35/h5-6,11-12,18-20,23-25H,4,7-10,13-16H2,1-3H3,(H,32,37)/t18-,19?,20+,23-,24-,25?/m1/s1. The lowest BCUT2D eigenvalue weighted by Crippen LogP contribution is -2.60. The molecule has 6 atom stereocenters. The van der Waals surface area contributed by atoms with E-state index in [1.54, 1.807) is 12.1 Å². The highest BCUT2D eigenvalue weighted by Crippen LogP contribution is 2.61. The quantitative estimate of drug-likeness (QED) is 0.603. The highest BCUT2D eigenvalue weighted by Gasteiger charge is 2.56. The minimum absolute atomic E-state index is 0.0854. The second kappa shape index (κ2) is 9.52. The summed E-state index contributed by atoms with van der Waals surface area (Å²) in [7, 11) is 0. The van der Waals surface area contributed by atoms with Gasteiger partial charge in [-0.25, -0.2) is 4.79 Å². The number of fused-ring (bicyclic) bond motifs is 3. The van der Waals surface area contributed by atoms with Crippen LogP contribution in [0.4, 0.5) is 4.79 Å². The summed E-state index contributed by atoms with van der Waals surface area (Å²) >= 11 is 0. The Kier molecular flexibility index (Phi) is 6.28. The SMILES string of the molecule is C[C@@H]1[C@H]2C[C@@H](C[C@H]1NC(=O)c1ccccc1-c1nnn(C(=O)N3CCCC4CCCCC43)c1C#N)C2(C)C. The molecule has 8 nitrogen and oxygen atoms in total. The summed E-state index contributed by atoms with van der Waals surface area (Å²) in [6.45, 7) is 7.63. The molecule has 4 saturated carbocycles. The lowest BCUT2D eigenvalue weighted by atomic mass is 9.45. The van der Waals surface area contributed by atoms with Gasteiger partial charge < -0.3 is 10.2 Å². The summed E-state index contributed by atoms with van der Waals surface area (Å²) in [5.74, 6) is 2.03. The molecular formula is C30H38N6O2. The van der Waals surface area contributed by atoms with Crippen molar-refractivity contribution in [3.05, 3.63) is 35.5 Å². The highest BCUT2D eigenvalue weighted by molar-refractivity contribution is 6.01. The monoisotopic (exact) mass is 514 g/mol. The fourth-order valence-electron chi connectivity index (χ4n) is 8.16. The van der Waals surface area contributed by atoms with Gasteiger partial charge in [0.25, 0.3) is 5.91 Å². The average Bonchev–Trinajstić information content (AvgIpc) is 3.37. The number of likely N-dealkylation sites (tertiary alicyclic amines) is 1. The molecule has 7 rings (SSSR count). The molecule has 5 fully saturated rings. The largest absolute Gasteiger partial charge is 0.349 e. The number of rotatable bonds is 3. The molecule has 2 bridgehead atoms. The molecule has 2 aromatic rings. The van der Waals surface area contributed by atoms with Crippen molar-refractivity contribution in [1.82, 2.24) is 25.2 Å². The molecule has 2 heterocycles. The van der Waals surface area contributed by atoms with Crippen LogP contribution in [0.3, 0.4) is 0 Å². The Morgan fingerprint density at radius 2 is 1.87 bits per heavy atom. The maximum atomic E-state index is 13.6. The predicted octanol–water partition coefficient (Wildman–Crippen LogP) is 5.24. The van der Waals surface area contributed by atoms with E-state index in [-0.39, 0.29) is 35.4 Å². The number of benzene rings is 1. The van der Waals surface area contributed by atoms with Gasteiger partial charge in [-0.15, -0.1) is 5.10 Å². The van der Waals surface area contributed by atoms with Crippen LogP contribution in [-0.4, -0.2) is 50.5 Å². The Morgan fingerprint density at radius 1 is 1.11 bits per heavy atom. The summed E-state index contributed by atoms with van der Waals surface area (Å²) in [6.07, 6.45) is 8.87. The van der Waals surface area contributed by atoms with Crippen molar-refractivity contribution in [3.8, 4) is 17.3 Å². The number of nitrogens with zero attached hydrogens (tertiary/aromatic N) is 5. The van der Waals surface area contributed by atoms with Gasteiger partial charge in [0.05, 0.1) is 0 Å². The first kappa shape index (κ1) is 25.1. The van der Waals surface area contributed by atoms with Crippen LogP contribution >= 0.6 is 0 Å². The van der Waals surface area contributed by atoms with E-state index in [1.165, 1.54) is 12.8 Å². The zero-order valence-corrected chi connectivity index (χ0v) is 22.7. The van der Waals surface area contributed by atoms with Gasteiger partial charge in [-0.05, 0) is 73.7 Å². The van der Waals surface area contributed by atoms with Gasteiger partial charge in [0.15, 0.2) is 5.69 Å². The molecule has 1 aromatic carbocycles. The van der Waals surface area contributed by atoms with Gasteiger partial charge >= 0.3 is 6.03 Å². The van der Waals surface area contributed by atoms with Crippen LogP contribution in [0.25, 0.3) is 11.3 Å². The third-order valence-electron chi connectivity index (χ3n) is 10.5. The zero-order valence-electron chi connectivity index (χ0n) is 22.7. The van der Waals surface area contributed by atoms with Crippen LogP contribution in [0.15, 0.2) is 24.3 Å². The molecule has 0 radical (unpaired) electrons. The molecule has 8 heteroatoms. The molecule has 1 saturated heterocycles. The predicted molar refractivity (Wildman–Crippen MR) is 143 cm³/mol. The first-order valence-electron chi connectivity index (χ1n) is 14.4. The first-order valence-corrected chi connectivity index (χ1v) is 14.4. The van der Waals surface area contributed by atoms with Crippen LogP contribution in [0.2, 0.25) is 0 Å². The molecule has 38 heavy (non-hydrogen) atoms. The van der Waals surface area contributed by atoms with Crippen LogP contribution < -0.4 is 5.32 Å². The fourth-order valence-corrected chi connectivity index (χ4v) is 8.16. The maximum Gasteiger partial charge on any atom is 0.347 e. The number of nitriles is 1. The summed E-state index contributed by atoms with van der Waals surface area (Å²) in [5.41, 5.74) is 1.70. The van der Waals surface area contributed by atoms with Gasteiger partial charge in [0.2, 0.25) is 0 Å². The minimum Gasteiger partial charge on any atom is -0.349 e. The van der Waals surface area contributed by atoms with Gasteiger partial charge in [-0.2, -0.15) is 9.94 Å². The maximum absolute atomic E-state index is 13.6. The molecule has 4 aliphatic carbocycles. The highest BCUT2D eigenvalue weighted by atomic mass is 16.2. The van der Waals surface area contributed by atoms with Crippen molar-refractivity contribution in [2.45, 2.75) is 84.2 Å². The summed E-state index contributed by atoms with van der Waals surface area (Å²) in [5, 5.41) is 21.8. The van der Waals surface area contributed by atoms with E-state index >= 15 is 0 Å². The zero-order chi connectivity index (χ0) is 26.6. The van der Waals surface area contributed by atoms with Gasteiger partial charge in [-0.1, -0.05) is 57.0 Å². The molecule has 1 N–H and O–H groups in total. The summed E-state index contributed by atoms with van der Waals surface area (Å²) < 4.78 is 1.15. The molecule has 2 unspecified atom stereocenters. The van der Waals surface area contributed by atoms with Gasteiger partial charge in [0.1, 0.15) is 11.8 Å². The molecule has 1 aromatic heterocycles. The van der Waals surface area contributed by atoms with Crippen molar-refractivity contribution in [1.29, 1.82) is 5.26 Å². The number of hydrogen-bond acceptors (Lipinski definition) is 5. The summed E-state index contributed by atoms with van der Waals surface area (Å²) in [4.78, 5) is 29.1. The Balaban J connectivity index is 1.26. The fraction of sp³-hybridized carbons (Fsp3) is 0.633. The van der Waals surface area contributed by atoms with Crippen molar-refractivity contribution in [2.75, 3.05) is 6.54 Å². The van der Waals surface area contributed by atoms with Crippen LogP contribution in [0.1, 0.15) is 88.2 Å². The number of amides is 2. The molecule has 2 amide bonds. The summed E-state index contributed by atoms with van der Waals surface area (Å²) in [6, 6.07) is 9.42. The van der Waals surface area contributed by atoms with E-state index in [2.05, 4.69) is 42.5 Å². The van der Waals surface area contributed by atoms with E-state index in [1.807, 2.05) is 17.0 Å². The Labute approximate surface area is 224 Å². The van der Waals surface area contributed by atoms with Crippen LogP contribution in [0.5, 0.6) is 0 Å². The number of carbonyl (C=O) groups excluding carboxylic acids is 2. The van der Waals surface area contributed by atoms with E-state index < -0.39 is 0 Å². The third-order valence-corrected chi connectivity index (χ3v) is 10.5. The Hall–Kier alpha value is -3.21. The van der Waals surface area contributed by atoms with E-state index in [4.69, 9.17) is 0 Å². The van der Waals surface area contributed by atoms with E-state index in [0.717, 1.165) is 43.2 Å². The normalized spacial score (nSPS) is 31.5. The van der Waals surface area contributed by atoms with E-state index in [0.29, 0.717) is 46.8 Å². The second-order valence-corrected chi connectivity index (χ2v) is 12.6. The third kappa shape index (κ3) is 3.93. The number of aromatic nitrogens is 3. The lowest BCUT2D eigenvalue weighted by Gasteiger charge is -2.62. The second-order valence-electron chi connectivity index (χ2n) is 12.6. The van der Waals surface area contributed by atoms with Crippen molar-refractivity contribution >= 4 is 11.9 Å². The van der Waals surface area contributed by atoms with Gasteiger partial charge in [-0.3, -0.25) is 4.79 Å². The van der Waals surface area contributed by atoms with Crippen LogP contribution in [0, 0.1) is 40.4 Å². The Morgan fingerprint density at radius 3 is 2.63 bits per heavy atom. The number of carbonyl (C=O) groups is 2. The molecule has 1 aliphatic heterocycles. The average molecular weight is 515 g/mol. The number of nitrogens with one attached hydrogen (secondary N) is 1. The topological polar surface area (TPSA) is 104 Å². The van der Waals surface area contributed by atoms with Crippen molar-refractivity contribution < 1.29 is 9.59 Å². The van der Waals surface area contributed by atoms with Crippen molar-refractivity contribution in [3.63, 3.8) is 0 Å². The van der Waals surface area contributed by atoms with Gasteiger partial charge in [0, 0.05) is 29.8 Å². The molecule has 200 valence electrons. The smallest absolute Gasteiger partial charge is 0.347 e. The Bertz CT molecular complexity index is 1290. The molecule has 5 aliphatic rings. The van der Waals surface area contributed by atoms with Crippen molar-refractivity contribution in [2.24, 2.45) is 29.1 Å². The number of piperidine rings is 1. The van der Waals surface area contributed by atoms with E-state index in [9.17, 15) is 14.9 Å². The van der Waals surface area contributed by atoms with Crippen LogP contribution in [-0.2, 0) is 0 Å². The molecule has 0 spiro atoms. The molecular weight excluding hydrogens is 476 g/mol. The minimum atomic E-state index is -0.281. The first-order chi connectivity index (χ1) is 18.3. The number of hydrogen-bond donors (Lipinski definition) is 1. The lowest BCUT2D eigenvalue weighted by molar-refractivity contribution is -0.113.